The smallest absolute Gasteiger partial charge is 0.307 e. The molecule has 0 aromatic rings. The molecule has 0 aliphatic heterocycles. The van der Waals surface area contributed by atoms with E-state index < -0.39 is 12.1 Å². The number of carboxylic acid groups (broad SMARTS) is 1. The summed E-state index contributed by atoms with van der Waals surface area (Å²) < 4.78 is 5.62. The Morgan fingerprint density at radius 3 is 2.12 bits per heavy atom. The number of esters is 1. The molecule has 0 amide bonds. The van der Waals surface area contributed by atoms with E-state index in [1.54, 1.807) is 6.92 Å². The molecule has 0 rings (SSSR count). The number of likely N-dealkylation sites (N-methyl/N-ethyl adjacent to an activating group) is 1. The van der Waals surface area contributed by atoms with Crippen molar-refractivity contribution in [2.45, 2.75) is 25.9 Å². The molecule has 6 heteroatoms. The Kier molecular flexibility index (Phi) is 8.20. The molecular formula is C10H20ClNO4. The van der Waals surface area contributed by atoms with Crippen molar-refractivity contribution in [3.05, 3.63) is 0 Å². The van der Waals surface area contributed by atoms with Crippen molar-refractivity contribution < 1.29 is 36.3 Å². The summed E-state index contributed by atoms with van der Waals surface area (Å²) in [7, 11) is 5.78. The average Bonchev–Trinajstić information content (AvgIpc) is 1.99. The minimum absolute atomic E-state index is 0. The van der Waals surface area contributed by atoms with E-state index in [2.05, 4.69) is 0 Å². The molecule has 0 heterocycles. The number of carboxylic acids is 1. The van der Waals surface area contributed by atoms with Crippen molar-refractivity contribution in [3.8, 4) is 0 Å². The molecule has 0 fully saturated rings. The van der Waals surface area contributed by atoms with Gasteiger partial charge in [-0.2, -0.15) is 0 Å². The molecule has 0 radical (unpaired) electrons. The van der Waals surface area contributed by atoms with E-state index in [0.717, 1.165) is 0 Å². The number of quaternary nitrogens is 1. The predicted molar refractivity (Wildman–Crippen MR) is 55.3 cm³/mol. The fourth-order valence-electron chi connectivity index (χ4n) is 1.22. The molecule has 0 unspecified atom stereocenters. The number of nitrogens with zero attached hydrogens (tertiary/aromatic N) is 1. The van der Waals surface area contributed by atoms with Gasteiger partial charge < -0.3 is 26.7 Å². The zero-order valence-corrected chi connectivity index (χ0v) is 11.0. The minimum Gasteiger partial charge on any atom is -1.00 e. The highest BCUT2D eigenvalue weighted by atomic mass is 35.5. The lowest BCUT2D eigenvalue weighted by molar-refractivity contribution is -0.873. The Bertz CT molecular complexity index is 237. The predicted octanol–water partition coefficient (Wildman–Crippen LogP) is -2.51. The average molecular weight is 254 g/mol. The summed E-state index contributed by atoms with van der Waals surface area (Å²) >= 11 is 0. The van der Waals surface area contributed by atoms with E-state index >= 15 is 0 Å². The summed E-state index contributed by atoms with van der Waals surface area (Å²) in [6.07, 6.45) is -0.413. The van der Waals surface area contributed by atoms with Crippen LogP contribution < -0.4 is 12.4 Å². The molecule has 0 aromatic heterocycles. The summed E-state index contributed by atoms with van der Waals surface area (Å²) in [5.74, 6) is -1.30. The Hall–Kier alpha value is -0.810. The van der Waals surface area contributed by atoms with Crippen LogP contribution in [-0.4, -0.2) is 55.3 Å². The van der Waals surface area contributed by atoms with Crippen molar-refractivity contribution >= 4 is 11.9 Å². The van der Waals surface area contributed by atoms with E-state index in [9.17, 15) is 9.59 Å². The minimum atomic E-state index is -0.947. The molecule has 1 atom stereocenters. The number of ether oxygens (including phenoxy) is 1. The molecule has 0 aromatic carbocycles. The van der Waals surface area contributed by atoms with Crippen molar-refractivity contribution in [2.24, 2.45) is 0 Å². The zero-order valence-electron chi connectivity index (χ0n) is 10.2. The van der Waals surface area contributed by atoms with Crippen LogP contribution in [0.15, 0.2) is 0 Å². The Balaban J connectivity index is 0. The van der Waals surface area contributed by atoms with Gasteiger partial charge in [0, 0.05) is 6.42 Å². The molecule has 5 nitrogen and oxygen atoms in total. The molecule has 0 bridgehead atoms. The Labute approximate surface area is 102 Å². The van der Waals surface area contributed by atoms with Gasteiger partial charge in [-0.1, -0.05) is 6.92 Å². The fraction of sp³-hybridized carbons (Fsp3) is 0.800. The molecule has 96 valence electrons. The highest BCUT2D eigenvalue weighted by molar-refractivity contribution is 5.71. The van der Waals surface area contributed by atoms with Crippen molar-refractivity contribution in [3.63, 3.8) is 0 Å². The summed E-state index contributed by atoms with van der Waals surface area (Å²) in [6.45, 7) is 2.18. The third-order valence-corrected chi connectivity index (χ3v) is 1.74. The van der Waals surface area contributed by atoms with Crippen LogP contribution in [0.4, 0.5) is 0 Å². The zero-order chi connectivity index (χ0) is 12.1. The van der Waals surface area contributed by atoms with Gasteiger partial charge in [0.05, 0.1) is 27.6 Å². The number of carbonyl (C=O) groups is 2. The molecule has 0 saturated carbocycles. The van der Waals surface area contributed by atoms with Crippen LogP contribution in [0.5, 0.6) is 0 Å². The summed E-state index contributed by atoms with van der Waals surface area (Å²) in [4.78, 5) is 21.6. The van der Waals surface area contributed by atoms with Gasteiger partial charge in [0.2, 0.25) is 0 Å². The summed E-state index contributed by atoms with van der Waals surface area (Å²) in [5.41, 5.74) is 0. The Morgan fingerprint density at radius 1 is 1.31 bits per heavy atom. The number of carbonyl (C=O) groups excluding carboxylic acids is 1. The second-order valence-electron chi connectivity index (χ2n) is 4.54. The fourth-order valence-corrected chi connectivity index (χ4v) is 1.22. The van der Waals surface area contributed by atoms with Gasteiger partial charge in [-0.25, -0.2) is 0 Å². The van der Waals surface area contributed by atoms with Crippen LogP contribution in [0.3, 0.4) is 0 Å². The first kappa shape index (κ1) is 17.6. The molecule has 0 aliphatic rings. The Morgan fingerprint density at radius 2 is 1.81 bits per heavy atom. The highest BCUT2D eigenvalue weighted by Crippen LogP contribution is 2.06. The van der Waals surface area contributed by atoms with Crippen molar-refractivity contribution in [2.75, 3.05) is 27.7 Å². The van der Waals surface area contributed by atoms with E-state index in [4.69, 9.17) is 9.84 Å². The number of hydrogen-bond acceptors (Lipinski definition) is 3. The van der Waals surface area contributed by atoms with Gasteiger partial charge in [0.15, 0.2) is 6.10 Å². The summed E-state index contributed by atoms with van der Waals surface area (Å²) in [5, 5.41) is 8.67. The standard InChI is InChI=1S/C10H19NO4.ClH/c1-5-10(14)15-8(6-9(12)13)7-11(2,3)4;/h8H,5-7H2,1-4H3;1H/t8-;/m1./s1. The lowest BCUT2D eigenvalue weighted by atomic mass is 10.2. The topological polar surface area (TPSA) is 63.6 Å². The number of rotatable bonds is 6. The third-order valence-electron chi connectivity index (χ3n) is 1.74. The van der Waals surface area contributed by atoms with Crippen LogP contribution in [0.1, 0.15) is 19.8 Å². The SMILES string of the molecule is CCC(=O)O[C@H](CC(=O)O)C[N+](C)(C)C.[Cl-]. The largest absolute Gasteiger partial charge is 1.00 e. The number of hydrogen-bond donors (Lipinski definition) is 1. The van der Waals surface area contributed by atoms with E-state index in [-0.39, 0.29) is 31.2 Å². The van der Waals surface area contributed by atoms with Gasteiger partial charge in [-0.3, -0.25) is 9.59 Å². The third kappa shape index (κ3) is 9.73. The first-order valence-electron chi connectivity index (χ1n) is 4.96. The quantitative estimate of drug-likeness (QED) is 0.420. The molecule has 0 spiro atoms. The van der Waals surface area contributed by atoms with E-state index in [1.807, 2.05) is 21.1 Å². The highest BCUT2D eigenvalue weighted by Gasteiger charge is 2.23. The normalized spacial score (nSPS) is 12.5. The van der Waals surface area contributed by atoms with Crippen LogP contribution in [-0.2, 0) is 14.3 Å². The lowest BCUT2D eigenvalue weighted by Crippen LogP contribution is -3.00. The van der Waals surface area contributed by atoms with E-state index in [0.29, 0.717) is 11.0 Å². The molecular weight excluding hydrogens is 234 g/mol. The van der Waals surface area contributed by atoms with Gasteiger partial charge in [0.25, 0.3) is 0 Å². The van der Waals surface area contributed by atoms with Crippen molar-refractivity contribution in [1.29, 1.82) is 0 Å². The van der Waals surface area contributed by atoms with Gasteiger partial charge in [0.1, 0.15) is 6.54 Å². The molecule has 1 N–H and O–H groups in total. The molecule has 16 heavy (non-hydrogen) atoms. The van der Waals surface area contributed by atoms with Gasteiger partial charge in [-0.05, 0) is 0 Å². The second kappa shape index (κ2) is 7.46. The first-order chi connectivity index (χ1) is 6.74. The van der Waals surface area contributed by atoms with E-state index in [1.165, 1.54) is 0 Å². The second-order valence-corrected chi connectivity index (χ2v) is 4.54. The van der Waals surface area contributed by atoms with Crippen LogP contribution in [0.2, 0.25) is 0 Å². The maximum Gasteiger partial charge on any atom is 0.307 e. The van der Waals surface area contributed by atoms with Gasteiger partial charge >= 0.3 is 11.9 Å². The lowest BCUT2D eigenvalue weighted by Gasteiger charge is -2.28. The van der Waals surface area contributed by atoms with Crippen LogP contribution in [0.25, 0.3) is 0 Å². The van der Waals surface area contributed by atoms with Crippen molar-refractivity contribution in [1.82, 2.24) is 0 Å². The number of aliphatic carboxylic acids is 1. The van der Waals surface area contributed by atoms with Crippen LogP contribution in [0, 0.1) is 0 Å². The maximum absolute atomic E-state index is 11.1. The first-order valence-corrected chi connectivity index (χ1v) is 4.96. The number of halogens is 1. The monoisotopic (exact) mass is 253 g/mol. The van der Waals surface area contributed by atoms with Gasteiger partial charge in [-0.15, -0.1) is 0 Å². The summed E-state index contributed by atoms with van der Waals surface area (Å²) in [6, 6.07) is 0. The molecule has 0 saturated heterocycles. The van der Waals surface area contributed by atoms with Crippen LogP contribution >= 0.6 is 0 Å². The molecule has 0 aliphatic carbocycles. The maximum atomic E-state index is 11.1.